The number of benzene rings is 3. The van der Waals surface area contributed by atoms with E-state index in [2.05, 4.69) is 10.3 Å². The average molecular weight is 457 g/mol. The Morgan fingerprint density at radius 3 is 2.03 bits per heavy atom. The molecule has 168 valence electrons. The molecule has 8 nitrogen and oxygen atoms in total. The molecule has 3 rings (SSSR count). The predicted octanol–water partition coefficient (Wildman–Crippen LogP) is 3.05. The molecule has 0 radical (unpaired) electrons. The zero-order valence-electron chi connectivity index (χ0n) is 17.7. The van der Waals surface area contributed by atoms with Gasteiger partial charge in [-0.2, -0.15) is 0 Å². The lowest BCUT2D eigenvalue weighted by Crippen LogP contribution is -2.42. The summed E-state index contributed by atoms with van der Waals surface area (Å²) >= 11 is 0. The van der Waals surface area contributed by atoms with E-state index in [9.17, 15) is 13.2 Å². The zero-order chi connectivity index (χ0) is 23.0. The molecular weight excluding hydrogens is 432 g/mol. The van der Waals surface area contributed by atoms with E-state index in [0.717, 1.165) is 5.56 Å². The number of methoxy groups -OCH3 is 2. The molecule has 0 fully saturated rings. The lowest BCUT2D eigenvalue weighted by Gasteiger charge is -2.16. The molecule has 0 aliphatic heterocycles. The Hall–Kier alpha value is -3.56. The van der Waals surface area contributed by atoms with E-state index in [-0.39, 0.29) is 29.4 Å². The third-order valence-corrected chi connectivity index (χ3v) is 5.59. The van der Waals surface area contributed by atoms with E-state index >= 15 is 0 Å². The summed E-state index contributed by atoms with van der Waals surface area (Å²) in [5, 5.41) is 0. The first-order chi connectivity index (χ1) is 15.4. The Kier molecular flexibility index (Phi) is 7.69. The van der Waals surface area contributed by atoms with Crippen molar-refractivity contribution in [3.63, 3.8) is 0 Å². The quantitative estimate of drug-likeness (QED) is 0.455. The maximum absolute atomic E-state index is 12.6. The normalized spacial score (nSPS) is 10.9. The van der Waals surface area contributed by atoms with Crippen LogP contribution in [0.4, 0.5) is 0 Å². The Bertz CT molecular complexity index is 1150. The van der Waals surface area contributed by atoms with Gasteiger partial charge in [0.2, 0.25) is 15.8 Å². The standard InChI is InChI=1S/C23H24N2O6S/c1-29-20-13-19(14-21(22(20)30-2)31-15-17-9-5-3-6-10-17)23(26)24-25-32(27,28)16-18-11-7-4-8-12-18/h3-14,25H,15-16H2,1-2H3,(H,24,26). The van der Waals surface area contributed by atoms with Crippen LogP contribution >= 0.6 is 0 Å². The van der Waals surface area contributed by atoms with Crippen LogP contribution < -0.4 is 24.5 Å². The molecule has 0 saturated carbocycles. The van der Waals surface area contributed by atoms with Gasteiger partial charge in [-0.1, -0.05) is 60.7 Å². The summed E-state index contributed by atoms with van der Waals surface area (Å²) in [6, 6.07) is 21.0. The summed E-state index contributed by atoms with van der Waals surface area (Å²) in [6.45, 7) is 0.245. The monoisotopic (exact) mass is 456 g/mol. The van der Waals surface area contributed by atoms with Crippen LogP contribution in [0.3, 0.4) is 0 Å². The van der Waals surface area contributed by atoms with E-state index in [4.69, 9.17) is 14.2 Å². The van der Waals surface area contributed by atoms with Crippen LogP contribution in [0, 0.1) is 0 Å². The summed E-state index contributed by atoms with van der Waals surface area (Å²) in [5.41, 5.74) is 3.88. The highest BCUT2D eigenvalue weighted by molar-refractivity contribution is 7.88. The number of ether oxygens (including phenoxy) is 3. The van der Waals surface area contributed by atoms with Crippen LogP contribution in [0.15, 0.2) is 72.8 Å². The minimum Gasteiger partial charge on any atom is -0.493 e. The van der Waals surface area contributed by atoms with Gasteiger partial charge in [-0.3, -0.25) is 10.2 Å². The third kappa shape index (κ3) is 6.22. The van der Waals surface area contributed by atoms with Crippen LogP contribution in [0.5, 0.6) is 17.2 Å². The van der Waals surface area contributed by atoms with Crippen molar-refractivity contribution in [3.05, 3.63) is 89.5 Å². The van der Waals surface area contributed by atoms with Crippen LogP contribution in [-0.2, 0) is 22.4 Å². The molecule has 3 aromatic rings. The van der Waals surface area contributed by atoms with Gasteiger partial charge in [-0.25, -0.2) is 8.42 Å². The molecule has 32 heavy (non-hydrogen) atoms. The highest BCUT2D eigenvalue weighted by atomic mass is 32.2. The van der Waals surface area contributed by atoms with Gasteiger partial charge in [0.25, 0.3) is 5.91 Å². The van der Waals surface area contributed by atoms with E-state index in [0.29, 0.717) is 11.3 Å². The highest BCUT2D eigenvalue weighted by Gasteiger charge is 2.19. The molecule has 0 aromatic heterocycles. The summed E-state index contributed by atoms with van der Waals surface area (Å²) in [4.78, 5) is 14.8. The van der Waals surface area contributed by atoms with Crippen molar-refractivity contribution in [2.75, 3.05) is 14.2 Å². The number of carbonyl (C=O) groups is 1. The van der Waals surface area contributed by atoms with Gasteiger partial charge in [-0.15, -0.1) is 4.83 Å². The van der Waals surface area contributed by atoms with Gasteiger partial charge in [-0.05, 0) is 23.3 Å². The van der Waals surface area contributed by atoms with Crippen LogP contribution in [0.25, 0.3) is 0 Å². The summed E-state index contributed by atoms with van der Waals surface area (Å²) in [5.74, 6) is -0.0639. The third-order valence-electron chi connectivity index (χ3n) is 4.46. The Morgan fingerprint density at radius 1 is 0.844 bits per heavy atom. The predicted molar refractivity (Wildman–Crippen MR) is 120 cm³/mol. The van der Waals surface area contributed by atoms with E-state index in [1.807, 2.05) is 30.3 Å². The molecule has 0 saturated heterocycles. The fraction of sp³-hybridized carbons (Fsp3) is 0.174. The number of rotatable bonds is 10. The lowest BCUT2D eigenvalue weighted by atomic mass is 10.1. The maximum atomic E-state index is 12.6. The minimum atomic E-state index is -3.79. The number of hydrazine groups is 1. The molecule has 0 aliphatic rings. The summed E-state index contributed by atoms with van der Waals surface area (Å²) < 4.78 is 41.1. The van der Waals surface area contributed by atoms with Gasteiger partial charge in [0.15, 0.2) is 11.5 Å². The number of hydrogen-bond donors (Lipinski definition) is 2. The molecule has 0 heterocycles. The molecule has 0 unspecified atom stereocenters. The van der Waals surface area contributed by atoms with E-state index in [1.54, 1.807) is 30.3 Å². The van der Waals surface area contributed by atoms with Crippen LogP contribution in [0.1, 0.15) is 21.5 Å². The molecular formula is C23H24N2O6S. The Morgan fingerprint density at radius 2 is 1.44 bits per heavy atom. The summed E-state index contributed by atoms with van der Waals surface area (Å²) in [6.07, 6.45) is 0. The second-order valence-electron chi connectivity index (χ2n) is 6.79. The second kappa shape index (κ2) is 10.7. The van der Waals surface area contributed by atoms with Gasteiger partial charge in [0.1, 0.15) is 6.61 Å². The smallest absolute Gasteiger partial charge is 0.266 e. The van der Waals surface area contributed by atoms with Crippen molar-refractivity contribution in [3.8, 4) is 17.2 Å². The molecule has 0 spiro atoms. The Balaban J connectivity index is 1.74. The van der Waals surface area contributed by atoms with Crippen LogP contribution in [0.2, 0.25) is 0 Å². The molecule has 0 atom stereocenters. The summed E-state index contributed by atoms with van der Waals surface area (Å²) in [7, 11) is -0.895. The molecule has 3 aromatic carbocycles. The molecule has 2 N–H and O–H groups in total. The van der Waals surface area contributed by atoms with Crippen molar-refractivity contribution >= 4 is 15.9 Å². The number of sulfonamides is 1. The van der Waals surface area contributed by atoms with Crippen molar-refractivity contribution < 1.29 is 27.4 Å². The van der Waals surface area contributed by atoms with Crippen molar-refractivity contribution in [1.82, 2.24) is 10.3 Å². The SMILES string of the molecule is COc1cc(C(=O)NNS(=O)(=O)Cc2ccccc2)cc(OCc2ccccc2)c1OC. The second-order valence-corrected chi connectivity index (χ2v) is 8.51. The average Bonchev–Trinajstić information content (AvgIpc) is 2.81. The molecule has 9 heteroatoms. The fourth-order valence-electron chi connectivity index (χ4n) is 2.93. The Labute approximate surface area is 187 Å². The van der Waals surface area contributed by atoms with Crippen molar-refractivity contribution in [2.45, 2.75) is 12.4 Å². The largest absolute Gasteiger partial charge is 0.493 e. The minimum absolute atomic E-state index is 0.133. The first-order valence-corrected chi connectivity index (χ1v) is 11.3. The maximum Gasteiger partial charge on any atom is 0.266 e. The zero-order valence-corrected chi connectivity index (χ0v) is 18.5. The number of nitrogens with one attached hydrogen (secondary N) is 2. The number of hydrogen-bond acceptors (Lipinski definition) is 6. The first-order valence-electron chi connectivity index (χ1n) is 9.68. The molecule has 1 amide bonds. The lowest BCUT2D eigenvalue weighted by molar-refractivity contribution is 0.0944. The fourth-order valence-corrected chi connectivity index (χ4v) is 3.88. The molecule has 0 bridgehead atoms. The van der Waals surface area contributed by atoms with E-state index < -0.39 is 15.9 Å². The van der Waals surface area contributed by atoms with Gasteiger partial charge < -0.3 is 14.2 Å². The van der Waals surface area contributed by atoms with Crippen molar-refractivity contribution in [1.29, 1.82) is 0 Å². The van der Waals surface area contributed by atoms with Gasteiger partial charge in [0, 0.05) is 5.56 Å². The van der Waals surface area contributed by atoms with Crippen molar-refractivity contribution in [2.24, 2.45) is 0 Å². The van der Waals surface area contributed by atoms with Gasteiger partial charge >= 0.3 is 0 Å². The topological polar surface area (TPSA) is 103 Å². The van der Waals surface area contributed by atoms with Crippen LogP contribution in [-0.4, -0.2) is 28.5 Å². The highest BCUT2D eigenvalue weighted by Crippen LogP contribution is 2.38. The number of carbonyl (C=O) groups excluding carboxylic acids is 1. The van der Waals surface area contributed by atoms with Gasteiger partial charge in [0.05, 0.1) is 20.0 Å². The van der Waals surface area contributed by atoms with E-state index in [1.165, 1.54) is 26.4 Å². The first kappa shape index (κ1) is 23.1. The molecule has 0 aliphatic carbocycles. The number of amides is 1.